The summed E-state index contributed by atoms with van der Waals surface area (Å²) >= 11 is 0. The Morgan fingerprint density at radius 1 is 1.54 bits per heavy atom. The Morgan fingerprint density at radius 3 is 2.62 bits per heavy atom. The standard InChI is InChI=1S/C8H8F3NO/c1-4-2-12-5(3-13)6(7(4)9)8(10)11/h2,8,13H,3H2,1H3. The van der Waals surface area contributed by atoms with E-state index in [9.17, 15) is 13.2 Å². The molecule has 0 aliphatic heterocycles. The third kappa shape index (κ3) is 1.80. The van der Waals surface area contributed by atoms with Gasteiger partial charge >= 0.3 is 0 Å². The monoisotopic (exact) mass is 191 g/mol. The van der Waals surface area contributed by atoms with E-state index in [1.165, 1.54) is 6.92 Å². The van der Waals surface area contributed by atoms with Gasteiger partial charge in [-0.05, 0) is 6.92 Å². The smallest absolute Gasteiger partial charge is 0.268 e. The lowest BCUT2D eigenvalue weighted by Crippen LogP contribution is -2.03. The Balaban J connectivity index is 3.32. The van der Waals surface area contributed by atoms with Crippen LogP contribution in [0.4, 0.5) is 13.2 Å². The number of aryl methyl sites for hydroxylation is 1. The highest BCUT2D eigenvalue weighted by molar-refractivity contribution is 5.27. The summed E-state index contributed by atoms with van der Waals surface area (Å²) in [6.07, 6.45) is -1.83. The molecule has 0 amide bonds. The number of aliphatic hydroxyl groups is 1. The van der Waals surface area contributed by atoms with Crippen LogP contribution in [-0.2, 0) is 6.61 Å². The Hall–Kier alpha value is -1.10. The minimum Gasteiger partial charge on any atom is -0.390 e. The zero-order chi connectivity index (χ0) is 10.0. The lowest BCUT2D eigenvalue weighted by molar-refractivity contribution is 0.140. The van der Waals surface area contributed by atoms with Gasteiger partial charge in [0, 0.05) is 11.8 Å². The molecule has 1 heterocycles. The number of hydrogen-bond acceptors (Lipinski definition) is 2. The number of halogens is 3. The van der Waals surface area contributed by atoms with Gasteiger partial charge < -0.3 is 5.11 Å². The molecule has 0 fully saturated rings. The molecule has 1 rings (SSSR count). The van der Waals surface area contributed by atoms with Crippen molar-refractivity contribution >= 4 is 0 Å². The van der Waals surface area contributed by atoms with Crippen molar-refractivity contribution < 1.29 is 18.3 Å². The number of aromatic nitrogens is 1. The minimum atomic E-state index is -2.95. The summed E-state index contributed by atoms with van der Waals surface area (Å²) < 4.78 is 37.6. The van der Waals surface area contributed by atoms with E-state index >= 15 is 0 Å². The Kier molecular flexibility index (Phi) is 2.87. The zero-order valence-corrected chi connectivity index (χ0v) is 6.89. The van der Waals surface area contributed by atoms with Gasteiger partial charge in [-0.15, -0.1) is 0 Å². The molecule has 1 aromatic heterocycles. The van der Waals surface area contributed by atoms with Crippen LogP contribution in [0.2, 0.25) is 0 Å². The molecule has 0 saturated heterocycles. The average molecular weight is 191 g/mol. The number of nitrogens with zero attached hydrogens (tertiary/aromatic N) is 1. The molecule has 0 radical (unpaired) electrons. The molecular weight excluding hydrogens is 183 g/mol. The van der Waals surface area contributed by atoms with Gasteiger partial charge in [0.05, 0.1) is 17.9 Å². The van der Waals surface area contributed by atoms with Crippen molar-refractivity contribution in [3.8, 4) is 0 Å². The van der Waals surface area contributed by atoms with Gasteiger partial charge in [0.25, 0.3) is 6.43 Å². The zero-order valence-electron chi connectivity index (χ0n) is 6.89. The first-order valence-corrected chi connectivity index (χ1v) is 3.60. The summed E-state index contributed by atoms with van der Waals surface area (Å²) in [7, 11) is 0. The summed E-state index contributed by atoms with van der Waals surface area (Å²) in [6, 6.07) is 0. The fourth-order valence-corrected chi connectivity index (χ4v) is 0.988. The van der Waals surface area contributed by atoms with Crippen LogP contribution in [0, 0.1) is 12.7 Å². The van der Waals surface area contributed by atoms with E-state index < -0.39 is 24.4 Å². The first-order valence-electron chi connectivity index (χ1n) is 3.60. The first kappa shape index (κ1) is 9.98. The second-order valence-corrected chi connectivity index (χ2v) is 2.57. The maximum atomic E-state index is 13.1. The number of pyridine rings is 1. The molecule has 0 saturated carbocycles. The molecule has 72 valence electrons. The van der Waals surface area contributed by atoms with Crippen molar-refractivity contribution in [1.82, 2.24) is 4.98 Å². The van der Waals surface area contributed by atoms with Crippen LogP contribution in [0.15, 0.2) is 6.20 Å². The van der Waals surface area contributed by atoms with Gasteiger partial charge in [-0.3, -0.25) is 4.98 Å². The van der Waals surface area contributed by atoms with E-state index in [-0.39, 0.29) is 11.3 Å². The molecule has 5 heteroatoms. The van der Waals surface area contributed by atoms with Crippen molar-refractivity contribution in [3.63, 3.8) is 0 Å². The topological polar surface area (TPSA) is 33.1 Å². The maximum Gasteiger partial charge on any atom is 0.268 e. The summed E-state index contributed by atoms with van der Waals surface area (Å²) in [5.41, 5.74) is -1.06. The van der Waals surface area contributed by atoms with E-state index in [0.717, 1.165) is 6.20 Å². The second-order valence-electron chi connectivity index (χ2n) is 2.57. The number of alkyl halides is 2. The largest absolute Gasteiger partial charge is 0.390 e. The molecule has 0 aliphatic carbocycles. The van der Waals surface area contributed by atoms with E-state index in [1.54, 1.807) is 0 Å². The molecule has 0 aliphatic rings. The molecule has 0 aromatic carbocycles. The van der Waals surface area contributed by atoms with E-state index in [2.05, 4.69) is 4.98 Å². The fourth-order valence-electron chi connectivity index (χ4n) is 0.988. The quantitative estimate of drug-likeness (QED) is 0.775. The van der Waals surface area contributed by atoms with Crippen LogP contribution in [0.25, 0.3) is 0 Å². The highest BCUT2D eigenvalue weighted by Crippen LogP contribution is 2.26. The normalized spacial score (nSPS) is 10.9. The van der Waals surface area contributed by atoms with E-state index in [4.69, 9.17) is 5.11 Å². The van der Waals surface area contributed by atoms with E-state index in [0.29, 0.717) is 0 Å². The summed E-state index contributed by atoms with van der Waals surface area (Å²) in [6.45, 7) is 0.659. The van der Waals surface area contributed by atoms with Gasteiger partial charge in [0.2, 0.25) is 0 Å². The van der Waals surface area contributed by atoms with Crippen LogP contribution in [-0.4, -0.2) is 10.1 Å². The van der Waals surface area contributed by atoms with Gasteiger partial charge in [-0.2, -0.15) is 0 Å². The minimum absolute atomic E-state index is 0.0486. The Labute approximate surface area is 73.0 Å². The highest BCUT2D eigenvalue weighted by atomic mass is 19.3. The SMILES string of the molecule is Cc1cnc(CO)c(C(F)F)c1F. The van der Waals surface area contributed by atoms with Crippen LogP contribution >= 0.6 is 0 Å². The van der Waals surface area contributed by atoms with Crippen LogP contribution in [0.3, 0.4) is 0 Å². The van der Waals surface area contributed by atoms with Crippen LogP contribution < -0.4 is 0 Å². The first-order chi connectivity index (χ1) is 6.07. The lowest BCUT2D eigenvalue weighted by Gasteiger charge is -2.08. The van der Waals surface area contributed by atoms with Crippen LogP contribution in [0.1, 0.15) is 23.2 Å². The molecule has 1 aromatic rings. The van der Waals surface area contributed by atoms with Crippen LogP contribution in [0.5, 0.6) is 0 Å². The molecule has 2 nitrogen and oxygen atoms in total. The third-order valence-electron chi connectivity index (χ3n) is 1.68. The highest BCUT2D eigenvalue weighted by Gasteiger charge is 2.20. The predicted molar refractivity (Wildman–Crippen MR) is 39.8 cm³/mol. The third-order valence-corrected chi connectivity index (χ3v) is 1.68. The van der Waals surface area contributed by atoms with Gasteiger partial charge in [0.15, 0.2) is 0 Å². The van der Waals surface area contributed by atoms with Crippen molar-refractivity contribution in [2.45, 2.75) is 20.0 Å². The van der Waals surface area contributed by atoms with E-state index in [1.807, 2.05) is 0 Å². The predicted octanol–water partition coefficient (Wildman–Crippen LogP) is 1.96. The van der Waals surface area contributed by atoms with Gasteiger partial charge in [-0.25, -0.2) is 13.2 Å². The fraction of sp³-hybridized carbons (Fsp3) is 0.375. The van der Waals surface area contributed by atoms with Gasteiger partial charge in [0.1, 0.15) is 5.82 Å². The summed E-state index contributed by atoms with van der Waals surface area (Å²) in [5.74, 6) is -0.992. The lowest BCUT2D eigenvalue weighted by atomic mass is 10.1. The molecule has 0 unspecified atom stereocenters. The Morgan fingerprint density at radius 2 is 2.15 bits per heavy atom. The molecule has 0 bridgehead atoms. The number of aliphatic hydroxyl groups excluding tert-OH is 1. The van der Waals surface area contributed by atoms with Crippen molar-refractivity contribution in [2.75, 3.05) is 0 Å². The van der Waals surface area contributed by atoms with Crippen molar-refractivity contribution in [3.05, 3.63) is 28.8 Å². The van der Waals surface area contributed by atoms with Crippen molar-refractivity contribution in [1.29, 1.82) is 0 Å². The molecule has 0 atom stereocenters. The van der Waals surface area contributed by atoms with Gasteiger partial charge in [-0.1, -0.05) is 0 Å². The molecule has 0 spiro atoms. The number of rotatable bonds is 2. The molecular formula is C8H8F3NO. The summed E-state index contributed by atoms with van der Waals surface area (Å²) in [4.78, 5) is 3.51. The Bertz CT molecular complexity index is 315. The number of hydrogen-bond donors (Lipinski definition) is 1. The average Bonchev–Trinajstić information content (AvgIpc) is 2.08. The summed E-state index contributed by atoms with van der Waals surface area (Å²) in [5, 5.41) is 8.62. The maximum absolute atomic E-state index is 13.1. The van der Waals surface area contributed by atoms with Crippen molar-refractivity contribution in [2.24, 2.45) is 0 Å². The second kappa shape index (κ2) is 3.74. The molecule has 13 heavy (non-hydrogen) atoms. The molecule has 1 N–H and O–H groups in total.